The molecule has 3 aromatic heterocycles. The third-order valence-corrected chi connectivity index (χ3v) is 5.61. The number of aryl methyl sites for hydroxylation is 1. The summed E-state index contributed by atoms with van der Waals surface area (Å²) < 4.78 is 7.28. The first-order valence-corrected chi connectivity index (χ1v) is 10.4. The zero-order chi connectivity index (χ0) is 23.1. The number of hydrogen-bond acceptors (Lipinski definition) is 6. The van der Waals surface area contributed by atoms with Gasteiger partial charge in [-0.25, -0.2) is 14.6 Å². The Hall–Kier alpha value is -4.17. The van der Waals surface area contributed by atoms with E-state index in [2.05, 4.69) is 10.3 Å². The van der Waals surface area contributed by atoms with Crippen molar-refractivity contribution in [1.82, 2.24) is 14.5 Å². The van der Waals surface area contributed by atoms with E-state index >= 15 is 0 Å². The van der Waals surface area contributed by atoms with Gasteiger partial charge in [-0.3, -0.25) is 4.98 Å². The number of rotatable bonds is 5. The minimum atomic E-state index is -1.33. The molecule has 0 aliphatic heterocycles. The van der Waals surface area contributed by atoms with E-state index in [9.17, 15) is 14.7 Å². The average molecular weight is 461 g/mol. The fourth-order valence-electron chi connectivity index (χ4n) is 3.82. The fraction of sp³-hybridized carbons (Fsp3) is 0.0833. The van der Waals surface area contributed by atoms with Crippen molar-refractivity contribution in [1.29, 1.82) is 0 Å². The van der Waals surface area contributed by atoms with Gasteiger partial charge in [0.15, 0.2) is 0 Å². The Kier molecular flexibility index (Phi) is 5.07. The number of carboxylic acids is 1. The molecule has 3 heterocycles. The van der Waals surface area contributed by atoms with Gasteiger partial charge in [0.25, 0.3) is 0 Å². The molecule has 2 N–H and O–H groups in total. The summed E-state index contributed by atoms with van der Waals surface area (Å²) in [4.78, 5) is 33.0. The maximum absolute atomic E-state index is 12.3. The van der Waals surface area contributed by atoms with Crippen molar-refractivity contribution >= 4 is 51.2 Å². The molecule has 0 fully saturated rings. The van der Waals surface area contributed by atoms with Crippen molar-refractivity contribution < 1.29 is 14.3 Å². The molecule has 0 radical (unpaired) electrons. The second kappa shape index (κ2) is 8.07. The number of carboxylic acid groups (broad SMARTS) is 1. The van der Waals surface area contributed by atoms with Crippen LogP contribution in [-0.2, 0) is 6.54 Å². The fourth-order valence-corrected chi connectivity index (χ4v) is 4.01. The number of anilines is 2. The van der Waals surface area contributed by atoms with E-state index in [1.54, 1.807) is 37.4 Å². The summed E-state index contributed by atoms with van der Waals surface area (Å²) >= 11 is 6.14. The first-order chi connectivity index (χ1) is 15.9. The van der Waals surface area contributed by atoms with Gasteiger partial charge in [0.1, 0.15) is 11.1 Å². The summed E-state index contributed by atoms with van der Waals surface area (Å²) in [7, 11) is 0. The highest BCUT2D eigenvalue weighted by atomic mass is 35.5. The number of aromatic carboxylic acids is 1. The number of fused-ring (bicyclic) bond motifs is 2. The number of aromatic nitrogens is 3. The van der Waals surface area contributed by atoms with Gasteiger partial charge in [-0.15, -0.1) is 0 Å². The number of nitrogens with zero attached hydrogens (tertiary/aromatic N) is 3. The van der Waals surface area contributed by atoms with Crippen LogP contribution in [0.4, 0.5) is 11.6 Å². The molecule has 164 valence electrons. The van der Waals surface area contributed by atoms with Crippen LogP contribution in [0.15, 0.2) is 70.0 Å². The summed E-state index contributed by atoms with van der Waals surface area (Å²) in [6, 6.07) is 16.3. The van der Waals surface area contributed by atoms with Crippen LogP contribution in [0, 0.1) is 6.92 Å². The van der Waals surface area contributed by atoms with Gasteiger partial charge in [-0.1, -0.05) is 23.7 Å². The molecule has 0 amide bonds. The normalized spacial score (nSPS) is 11.2. The van der Waals surface area contributed by atoms with E-state index in [0.717, 1.165) is 11.4 Å². The van der Waals surface area contributed by atoms with Gasteiger partial charge in [0, 0.05) is 28.4 Å². The quantitative estimate of drug-likeness (QED) is 0.355. The summed E-state index contributed by atoms with van der Waals surface area (Å²) in [5.74, 6) is -0.793. The lowest BCUT2D eigenvalue weighted by atomic mass is 10.1. The van der Waals surface area contributed by atoms with E-state index in [0.29, 0.717) is 39.5 Å². The molecule has 0 atom stereocenters. The highest BCUT2D eigenvalue weighted by molar-refractivity contribution is 6.30. The second-order valence-electron chi connectivity index (χ2n) is 7.51. The van der Waals surface area contributed by atoms with Gasteiger partial charge >= 0.3 is 11.6 Å². The number of pyridine rings is 1. The lowest BCUT2D eigenvalue weighted by Crippen LogP contribution is -2.15. The zero-order valence-electron chi connectivity index (χ0n) is 17.4. The third kappa shape index (κ3) is 3.81. The predicted octanol–water partition coefficient (Wildman–Crippen LogP) is 4.99. The largest absolute Gasteiger partial charge is 0.477 e. The minimum Gasteiger partial charge on any atom is -0.477 e. The van der Waals surface area contributed by atoms with Crippen molar-refractivity contribution in [2.75, 3.05) is 5.32 Å². The molecule has 2 aromatic carbocycles. The van der Waals surface area contributed by atoms with Crippen LogP contribution in [0.1, 0.15) is 21.6 Å². The van der Waals surface area contributed by atoms with Crippen LogP contribution < -0.4 is 10.9 Å². The van der Waals surface area contributed by atoms with Crippen LogP contribution in [0.3, 0.4) is 0 Å². The third-order valence-electron chi connectivity index (χ3n) is 5.38. The summed E-state index contributed by atoms with van der Waals surface area (Å²) in [5.41, 5.74) is 2.21. The van der Waals surface area contributed by atoms with E-state index < -0.39 is 11.6 Å². The van der Waals surface area contributed by atoms with Crippen molar-refractivity contribution in [2.45, 2.75) is 13.5 Å². The van der Waals surface area contributed by atoms with Crippen LogP contribution in [0.25, 0.3) is 22.0 Å². The molecule has 5 rings (SSSR count). The van der Waals surface area contributed by atoms with E-state index in [-0.39, 0.29) is 11.1 Å². The van der Waals surface area contributed by atoms with E-state index in [1.165, 1.54) is 0 Å². The van der Waals surface area contributed by atoms with Crippen molar-refractivity contribution in [3.8, 4) is 0 Å². The molecular weight excluding hydrogens is 444 g/mol. The zero-order valence-corrected chi connectivity index (χ0v) is 18.1. The molecule has 0 aliphatic carbocycles. The van der Waals surface area contributed by atoms with Crippen LogP contribution in [-0.4, -0.2) is 25.6 Å². The van der Waals surface area contributed by atoms with Crippen LogP contribution >= 0.6 is 11.6 Å². The highest BCUT2D eigenvalue weighted by Crippen LogP contribution is 2.30. The molecule has 0 bridgehead atoms. The lowest BCUT2D eigenvalue weighted by molar-refractivity contribution is 0.0691. The second-order valence-corrected chi connectivity index (χ2v) is 7.95. The van der Waals surface area contributed by atoms with Gasteiger partial charge in [-0.05, 0) is 48.9 Å². The van der Waals surface area contributed by atoms with Crippen molar-refractivity contribution in [3.63, 3.8) is 0 Å². The SMILES string of the molecule is Cc1c(C(=O)O)c(=O)oc2cc3c(cc12)nc(Nc1cccc(Cl)c1)n3Cc1ccccn1. The monoisotopic (exact) mass is 460 g/mol. The average Bonchev–Trinajstić information content (AvgIpc) is 3.09. The molecule has 0 saturated carbocycles. The smallest absolute Gasteiger partial charge is 0.351 e. The van der Waals surface area contributed by atoms with Crippen molar-refractivity contribution in [3.05, 3.63) is 93.1 Å². The van der Waals surface area contributed by atoms with E-state index in [4.69, 9.17) is 21.0 Å². The maximum Gasteiger partial charge on any atom is 0.351 e. The molecule has 0 spiro atoms. The maximum atomic E-state index is 12.3. The Morgan fingerprint density at radius 3 is 2.76 bits per heavy atom. The Bertz CT molecular complexity index is 1590. The molecule has 0 aliphatic rings. The standard InChI is InChI=1S/C24H17ClN4O4/c1-13-17-10-18-19(11-20(17)33-23(32)21(13)22(30)31)29(12-16-6-2-3-8-26-16)24(28-18)27-15-7-4-5-14(25)9-15/h2-11H,12H2,1H3,(H,27,28)(H,30,31). The van der Waals surface area contributed by atoms with Crippen molar-refractivity contribution in [2.24, 2.45) is 0 Å². The first-order valence-electron chi connectivity index (χ1n) is 10.0. The topological polar surface area (TPSA) is 110 Å². The molecule has 0 unspecified atom stereocenters. The predicted molar refractivity (Wildman–Crippen MR) is 126 cm³/mol. The summed E-state index contributed by atoms with van der Waals surface area (Å²) in [6.07, 6.45) is 1.71. The molecule has 0 saturated heterocycles. The first kappa shape index (κ1) is 20.7. The van der Waals surface area contributed by atoms with Gasteiger partial charge < -0.3 is 19.4 Å². The van der Waals surface area contributed by atoms with Crippen LogP contribution in [0.2, 0.25) is 5.02 Å². The number of benzene rings is 2. The Morgan fingerprint density at radius 2 is 2.03 bits per heavy atom. The Morgan fingerprint density at radius 1 is 1.18 bits per heavy atom. The minimum absolute atomic E-state index is 0.284. The molecular formula is C24H17ClN4O4. The van der Waals surface area contributed by atoms with Gasteiger partial charge in [0.05, 0.1) is 23.3 Å². The Labute approximate surface area is 192 Å². The number of imidazole rings is 1. The molecule has 5 aromatic rings. The van der Waals surface area contributed by atoms with Crippen LogP contribution in [0.5, 0.6) is 0 Å². The molecule has 9 heteroatoms. The summed E-state index contributed by atoms with van der Waals surface area (Å²) in [5, 5.41) is 13.8. The summed E-state index contributed by atoms with van der Waals surface area (Å²) in [6.45, 7) is 1.99. The van der Waals surface area contributed by atoms with Gasteiger partial charge in [-0.2, -0.15) is 0 Å². The highest BCUT2D eigenvalue weighted by Gasteiger charge is 2.20. The Balaban J connectivity index is 1.74. The number of hydrogen-bond donors (Lipinski definition) is 2. The number of nitrogens with one attached hydrogen (secondary N) is 1. The molecule has 8 nitrogen and oxygen atoms in total. The van der Waals surface area contributed by atoms with E-state index in [1.807, 2.05) is 34.9 Å². The number of carbonyl (C=O) groups is 1. The lowest BCUT2D eigenvalue weighted by Gasteiger charge is -2.11. The molecule has 33 heavy (non-hydrogen) atoms. The number of halogens is 1. The van der Waals surface area contributed by atoms with Gasteiger partial charge in [0.2, 0.25) is 5.95 Å².